The summed E-state index contributed by atoms with van der Waals surface area (Å²) in [5, 5.41) is 13.4. The molecule has 1 aliphatic heterocycles. The molecule has 2 N–H and O–H groups in total. The van der Waals surface area contributed by atoms with Gasteiger partial charge in [-0.2, -0.15) is 0 Å². The van der Waals surface area contributed by atoms with Gasteiger partial charge in [0.15, 0.2) is 0 Å². The monoisotopic (exact) mass is 381 g/mol. The minimum absolute atomic E-state index is 0.493. The summed E-state index contributed by atoms with van der Waals surface area (Å²) >= 11 is 1.41. The lowest BCUT2D eigenvalue weighted by Gasteiger charge is -2.32. The molecular weight excluding hydrogens is 354 g/mol. The number of thiophene rings is 1. The summed E-state index contributed by atoms with van der Waals surface area (Å²) in [5.41, 5.74) is 4.82. The zero-order chi connectivity index (χ0) is 18.8. The average Bonchev–Trinajstić information content (AvgIpc) is 3.15. The van der Waals surface area contributed by atoms with Crippen LogP contribution in [0.3, 0.4) is 0 Å². The fourth-order valence-corrected chi connectivity index (χ4v) is 5.56. The first-order valence-electron chi connectivity index (χ1n) is 9.99. The molecule has 27 heavy (non-hydrogen) atoms. The standard InChI is InChI=1S/C23H27NO2S/c1-15-7-9-16(10-8-15)20-14-24-12-11-18(20)19-13-21(27-22(19)23(25)26)17-5-3-2-4-6-17/h2-6,13,15-16,24H,7-12,14H2,1H3,(H,25,26). The quantitative estimate of drug-likeness (QED) is 0.715. The first-order valence-corrected chi connectivity index (χ1v) is 10.8. The Morgan fingerprint density at radius 1 is 1.15 bits per heavy atom. The number of rotatable bonds is 4. The Bertz CT molecular complexity index is 845. The second-order valence-electron chi connectivity index (χ2n) is 7.91. The molecule has 2 aliphatic rings. The second-order valence-corrected chi connectivity index (χ2v) is 8.96. The van der Waals surface area contributed by atoms with Crippen molar-refractivity contribution in [3.63, 3.8) is 0 Å². The molecule has 0 unspecified atom stereocenters. The Balaban J connectivity index is 1.77. The van der Waals surface area contributed by atoms with E-state index in [1.54, 1.807) is 0 Å². The molecular formula is C23H27NO2S. The van der Waals surface area contributed by atoms with Crippen molar-refractivity contribution in [1.82, 2.24) is 5.32 Å². The highest BCUT2D eigenvalue weighted by Crippen LogP contribution is 2.42. The number of hydrogen-bond acceptors (Lipinski definition) is 3. The summed E-state index contributed by atoms with van der Waals surface area (Å²) in [6.07, 6.45) is 5.96. The third-order valence-corrected chi connectivity index (χ3v) is 7.25. The van der Waals surface area contributed by atoms with E-state index in [2.05, 4.69) is 30.4 Å². The minimum Gasteiger partial charge on any atom is -0.477 e. The van der Waals surface area contributed by atoms with E-state index >= 15 is 0 Å². The number of hydrogen-bond donors (Lipinski definition) is 2. The zero-order valence-electron chi connectivity index (χ0n) is 15.8. The van der Waals surface area contributed by atoms with Gasteiger partial charge in [-0.3, -0.25) is 0 Å². The van der Waals surface area contributed by atoms with Gasteiger partial charge in [0.2, 0.25) is 0 Å². The Kier molecular flexibility index (Phi) is 5.46. The van der Waals surface area contributed by atoms with Crippen molar-refractivity contribution >= 4 is 22.9 Å². The van der Waals surface area contributed by atoms with E-state index in [1.807, 2.05) is 18.2 Å². The first kappa shape index (κ1) is 18.5. The summed E-state index contributed by atoms with van der Waals surface area (Å²) in [7, 11) is 0. The molecule has 0 atom stereocenters. The molecule has 1 aromatic heterocycles. The summed E-state index contributed by atoms with van der Waals surface area (Å²) in [4.78, 5) is 13.5. The second kappa shape index (κ2) is 7.99. The Hall–Kier alpha value is -1.91. The molecule has 0 bridgehead atoms. The van der Waals surface area contributed by atoms with Gasteiger partial charge in [-0.05, 0) is 60.4 Å². The SMILES string of the molecule is CC1CCC(C2=C(c3cc(-c4ccccc4)sc3C(=O)O)CCNC2)CC1. The summed E-state index contributed by atoms with van der Waals surface area (Å²) < 4.78 is 0. The average molecular weight is 382 g/mol. The van der Waals surface area contributed by atoms with Crippen LogP contribution in [0.4, 0.5) is 0 Å². The molecule has 1 aliphatic carbocycles. The third-order valence-electron chi connectivity index (χ3n) is 6.07. The van der Waals surface area contributed by atoms with Crippen molar-refractivity contribution < 1.29 is 9.90 Å². The predicted octanol–water partition coefficient (Wildman–Crippen LogP) is 5.69. The van der Waals surface area contributed by atoms with E-state index in [4.69, 9.17) is 0 Å². The van der Waals surface area contributed by atoms with Gasteiger partial charge >= 0.3 is 5.97 Å². The molecule has 1 aromatic carbocycles. The fourth-order valence-electron chi connectivity index (χ4n) is 4.53. The molecule has 2 aromatic rings. The van der Waals surface area contributed by atoms with Crippen molar-refractivity contribution in [2.45, 2.75) is 39.0 Å². The van der Waals surface area contributed by atoms with E-state index in [-0.39, 0.29) is 0 Å². The lowest BCUT2D eigenvalue weighted by Crippen LogP contribution is -2.30. The normalized spacial score (nSPS) is 23.4. The molecule has 2 heterocycles. The lowest BCUT2D eigenvalue weighted by molar-refractivity contribution is 0.0702. The van der Waals surface area contributed by atoms with Crippen LogP contribution in [0.25, 0.3) is 16.0 Å². The first-order chi connectivity index (χ1) is 13.1. The maximum absolute atomic E-state index is 12.0. The van der Waals surface area contributed by atoms with Crippen LogP contribution in [-0.2, 0) is 0 Å². The van der Waals surface area contributed by atoms with Gasteiger partial charge in [0.1, 0.15) is 4.88 Å². The van der Waals surface area contributed by atoms with E-state index in [9.17, 15) is 9.90 Å². The van der Waals surface area contributed by atoms with Crippen LogP contribution in [0.2, 0.25) is 0 Å². The molecule has 0 saturated heterocycles. The van der Waals surface area contributed by atoms with Crippen LogP contribution in [0.5, 0.6) is 0 Å². The molecule has 3 nitrogen and oxygen atoms in total. The summed E-state index contributed by atoms with van der Waals surface area (Å²) in [6, 6.07) is 12.2. The number of nitrogens with one attached hydrogen (secondary N) is 1. The summed E-state index contributed by atoms with van der Waals surface area (Å²) in [5.74, 6) is 0.618. The molecule has 0 spiro atoms. The van der Waals surface area contributed by atoms with Crippen molar-refractivity contribution in [2.24, 2.45) is 11.8 Å². The molecule has 1 saturated carbocycles. The van der Waals surface area contributed by atoms with Gasteiger partial charge in [-0.15, -0.1) is 11.3 Å². The molecule has 4 heteroatoms. The van der Waals surface area contributed by atoms with E-state index in [0.717, 1.165) is 41.4 Å². The van der Waals surface area contributed by atoms with Crippen LogP contribution in [0.1, 0.15) is 54.3 Å². The van der Waals surface area contributed by atoms with Crippen molar-refractivity contribution in [1.29, 1.82) is 0 Å². The predicted molar refractivity (Wildman–Crippen MR) is 112 cm³/mol. The highest BCUT2D eigenvalue weighted by atomic mass is 32.1. The molecule has 4 rings (SSSR count). The summed E-state index contributed by atoms with van der Waals surface area (Å²) in [6.45, 7) is 4.18. The van der Waals surface area contributed by atoms with Gasteiger partial charge < -0.3 is 10.4 Å². The van der Waals surface area contributed by atoms with Gasteiger partial charge in [0, 0.05) is 17.0 Å². The number of benzene rings is 1. The van der Waals surface area contributed by atoms with Crippen LogP contribution < -0.4 is 5.32 Å². The van der Waals surface area contributed by atoms with Gasteiger partial charge in [-0.1, -0.05) is 50.1 Å². The van der Waals surface area contributed by atoms with Crippen LogP contribution >= 0.6 is 11.3 Å². The Morgan fingerprint density at radius 2 is 1.89 bits per heavy atom. The van der Waals surface area contributed by atoms with Crippen LogP contribution in [0.15, 0.2) is 42.0 Å². The maximum atomic E-state index is 12.0. The lowest BCUT2D eigenvalue weighted by atomic mass is 9.76. The van der Waals surface area contributed by atoms with Crippen LogP contribution in [0, 0.1) is 11.8 Å². The highest BCUT2D eigenvalue weighted by molar-refractivity contribution is 7.17. The largest absolute Gasteiger partial charge is 0.477 e. The van der Waals surface area contributed by atoms with Gasteiger partial charge in [0.05, 0.1) is 0 Å². The minimum atomic E-state index is -0.806. The zero-order valence-corrected chi connectivity index (χ0v) is 16.6. The third kappa shape index (κ3) is 3.87. The number of carboxylic acid groups (broad SMARTS) is 1. The molecule has 0 amide bonds. The Labute approximate surface area is 165 Å². The smallest absolute Gasteiger partial charge is 0.346 e. The fraction of sp³-hybridized carbons (Fsp3) is 0.435. The van der Waals surface area contributed by atoms with Crippen molar-refractivity contribution in [3.05, 3.63) is 52.4 Å². The van der Waals surface area contributed by atoms with Crippen LogP contribution in [-0.4, -0.2) is 24.2 Å². The van der Waals surface area contributed by atoms with Gasteiger partial charge in [-0.25, -0.2) is 4.79 Å². The van der Waals surface area contributed by atoms with Gasteiger partial charge in [0.25, 0.3) is 0 Å². The van der Waals surface area contributed by atoms with Crippen molar-refractivity contribution in [2.75, 3.05) is 13.1 Å². The number of carbonyl (C=O) groups is 1. The molecule has 0 radical (unpaired) electrons. The number of aromatic carboxylic acids is 1. The van der Waals surface area contributed by atoms with E-state index < -0.39 is 5.97 Å². The Morgan fingerprint density at radius 3 is 2.59 bits per heavy atom. The number of carboxylic acids is 1. The topological polar surface area (TPSA) is 49.3 Å². The highest BCUT2D eigenvalue weighted by Gasteiger charge is 2.28. The molecule has 1 fully saturated rings. The van der Waals surface area contributed by atoms with E-state index in [1.165, 1.54) is 48.2 Å². The van der Waals surface area contributed by atoms with E-state index in [0.29, 0.717) is 10.8 Å². The molecule has 142 valence electrons. The maximum Gasteiger partial charge on any atom is 0.346 e. The van der Waals surface area contributed by atoms with Crippen molar-refractivity contribution in [3.8, 4) is 10.4 Å².